The predicted octanol–water partition coefficient (Wildman–Crippen LogP) is 3.62. The Bertz CT molecular complexity index is 591. The minimum atomic E-state index is 0.539. The van der Waals surface area contributed by atoms with Crippen LogP contribution in [0.3, 0.4) is 0 Å². The SMILES string of the molecule is COc1cc2c(cc1OC)Oc1cc(OC)c(OC)cc1O2. The van der Waals surface area contributed by atoms with Crippen molar-refractivity contribution in [3.8, 4) is 46.0 Å². The molecular weight excluding hydrogens is 288 g/mol. The lowest BCUT2D eigenvalue weighted by Crippen LogP contribution is -2.02. The molecule has 0 saturated carbocycles. The summed E-state index contributed by atoms with van der Waals surface area (Å²) in [6, 6.07) is 6.86. The molecular formula is C16H16O6. The van der Waals surface area contributed by atoms with E-state index in [2.05, 4.69) is 0 Å². The van der Waals surface area contributed by atoms with Crippen LogP contribution in [0.2, 0.25) is 0 Å². The number of fused-ring (bicyclic) bond motifs is 2. The van der Waals surface area contributed by atoms with Crippen LogP contribution in [0.15, 0.2) is 24.3 Å². The monoisotopic (exact) mass is 304 g/mol. The highest BCUT2D eigenvalue weighted by Crippen LogP contribution is 2.52. The second-order valence-electron chi connectivity index (χ2n) is 4.51. The van der Waals surface area contributed by atoms with Crippen LogP contribution in [0.1, 0.15) is 0 Å². The van der Waals surface area contributed by atoms with Gasteiger partial charge in [0.15, 0.2) is 46.0 Å². The van der Waals surface area contributed by atoms with Crippen molar-refractivity contribution in [3.63, 3.8) is 0 Å². The van der Waals surface area contributed by atoms with Crippen molar-refractivity contribution in [2.45, 2.75) is 0 Å². The lowest BCUT2D eigenvalue weighted by atomic mass is 10.2. The van der Waals surface area contributed by atoms with Crippen LogP contribution in [0, 0.1) is 0 Å². The predicted molar refractivity (Wildman–Crippen MR) is 79.2 cm³/mol. The van der Waals surface area contributed by atoms with Crippen LogP contribution in [0.5, 0.6) is 46.0 Å². The Morgan fingerprint density at radius 2 is 0.727 bits per heavy atom. The van der Waals surface area contributed by atoms with Gasteiger partial charge in [-0.15, -0.1) is 0 Å². The van der Waals surface area contributed by atoms with E-state index in [-0.39, 0.29) is 0 Å². The zero-order valence-corrected chi connectivity index (χ0v) is 12.8. The minimum Gasteiger partial charge on any atom is -0.493 e. The quantitative estimate of drug-likeness (QED) is 0.734. The molecule has 2 aromatic carbocycles. The number of ether oxygens (including phenoxy) is 6. The third kappa shape index (κ3) is 2.22. The van der Waals surface area contributed by atoms with Crippen LogP contribution >= 0.6 is 0 Å². The molecule has 3 rings (SSSR count). The maximum Gasteiger partial charge on any atom is 0.174 e. The molecule has 0 N–H and O–H groups in total. The number of rotatable bonds is 4. The summed E-state index contributed by atoms with van der Waals surface area (Å²) >= 11 is 0. The first-order chi connectivity index (χ1) is 10.7. The van der Waals surface area contributed by atoms with Gasteiger partial charge in [0, 0.05) is 24.3 Å². The van der Waals surface area contributed by atoms with E-state index in [1.807, 2.05) is 0 Å². The Hall–Kier alpha value is -2.76. The molecule has 0 radical (unpaired) electrons. The molecule has 22 heavy (non-hydrogen) atoms. The number of hydrogen-bond acceptors (Lipinski definition) is 6. The van der Waals surface area contributed by atoms with Crippen molar-refractivity contribution in [2.75, 3.05) is 28.4 Å². The number of benzene rings is 2. The first-order valence-corrected chi connectivity index (χ1v) is 6.58. The van der Waals surface area contributed by atoms with Gasteiger partial charge in [-0.05, 0) is 0 Å². The molecule has 0 fully saturated rings. The van der Waals surface area contributed by atoms with Crippen LogP contribution in [0.4, 0.5) is 0 Å². The first-order valence-electron chi connectivity index (χ1n) is 6.58. The van der Waals surface area contributed by atoms with Gasteiger partial charge < -0.3 is 28.4 Å². The summed E-state index contributed by atoms with van der Waals surface area (Å²) in [4.78, 5) is 0. The average Bonchev–Trinajstić information content (AvgIpc) is 2.57. The summed E-state index contributed by atoms with van der Waals surface area (Å²) in [5, 5.41) is 0. The molecule has 0 atom stereocenters. The largest absolute Gasteiger partial charge is 0.493 e. The third-order valence-corrected chi connectivity index (χ3v) is 3.34. The third-order valence-electron chi connectivity index (χ3n) is 3.34. The van der Waals surface area contributed by atoms with E-state index in [1.165, 1.54) is 0 Å². The Morgan fingerprint density at radius 1 is 0.500 bits per heavy atom. The smallest absolute Gasteiger partial charge is 0.174 e. The molecule has 6 nitrogen and oxygen atoms in total. The normalized spacial score (nSPS) is 11.5. The van der Waals surface area contributed by atoms with Crippen LogP contribution < -0.4 is 28.4 Å². The zero-order valence-electron chi connectivity index (χ0n) is 12.8. The molecule has 0 saturated heterocycles. The number of hydrogen-bond donors (Lipinski definition) is 0. The summed E-state index contributed by atoms with van der Waals surface area (Å²) in [5.41, 5.74) is 0. The molecule has 116 valence electrons. The molecule has 0 spiro atoms. The van der Waals surface area contributed by atoms with Crippen molar-refractivity contribution < 1.29 is 28.4 Å². The Morgan fingerprint density at radius 3 is 0.909 bits per heavy atom. The van der Waals surface area contributed by atoms with Crippen molar-refractivity contribution in [2.24, 2.45) is 0 Å². The van der Waals surface area contributed by atoms with Crippen LogP contribution in [-0.2, 0) is 0 Å². The molecule has 0 aromatic heterocycles. The molecule has 1 aliphatic heterocycles. The van der Waals surface area contributed by atoms with Crippen LogP contribution in [-0.4, -0.2) is 28.4 Å². The Kier molecular flexibility index (Phi) is 3.58. The zero-order chi connectivity index (χ0) is 15.7. The topological polar surface area (TPSA) is 55.4 Å². The maximum atomic E-state index is 5.87. The molecule has 0 unspecified atom stereocenters. The Labute approximate surface area is 128 Å². The van der Waals surface area contributed by atoms with Gasteiger partial charge in [0.1, 0.15) is 0 Å². The van der Waals surface area contributed by atoms with E-state index in [4.69, 9.17) is 28.4 Å². The van der Waals surface area contributed by atoms with Crippen molar-refractivity contribution in [3.05, 3.63) is 24.3 Å². The summed E-state index contributed by atoms with van der Waals surface area (Å²) in [7, 11) is 6.26. The van der Waals surface area contributed by atoms with Gasteiger partial charge in [-0.2, -0.15) is 0 Å². The van der Waals surface area contributed by atoms with Crippen LogP contribution in [0.25, 0.3) is 0 Å². The van der Waals surface area contributed by atoms with Gasteiger partial charge in [-0.3, -0.25) is 0 Å². The van der Waals surface area contributed by atoms with Gasteiger partial charge >= 0.3 is 0 Å². The average molecular weight is 304 g/mol. The molecule has 2 aromatic rings. The van der Waals surface area contributed by atoms with Gasteiger partial charge in [-0.1, -0.05) is 0 Å². The molecule has 1 aliphatic rings. The molecule has 0 amide bonds. The van der Waals surface area contributed by atoms with E-state index in [0.29, 0.717) is 46.0 Å². The van der Waals surface area contributed by atoms with Gasteiger partial charge in [0.2, 0.25) is 0 Å². The Balaban J connectivity index is 2.05. The summed E-state index contributed by atoms with van der Waals surface area (Å²) in [6.45, 7) is 0. The molecule has 0 aliphatic carbocycles. The fourth-order valence-electron chi connectivity index (χ4n) is 2.24. The standard InChI is InChI=1S/C16H16O6/c1-17-9-5-13-14(6-10(9)18-2)22-16-8-12(20-4)11(19-3)7-15(16)21-13/h5-8H,1-4H3. The highest BCUT2D eigenvalue weighted by molar-refractivity contribution is 5.63. The molecule has 1 heterocycles. The number of methoxy groups -OCH3 is 4. The van der Waals surface area contributed by atoms with E-state index < -0.39 is 0 Å². The summed E-state index contributed by atoms with van der Waals surface area (Å²) in [6.07, 6.45) is 0. The second kappa shape index (κ2) is 5.55. The van der Waals surface area contributed by atoms with Gasteiger partial charge in [-0.25, -0.2) is 0 Å². The molecule has 6 heteroatoms. The van der Waals surface area contributed by atoms with Gasteiger partial charge in [0.05, 0.1) is 28.4 Å². The summed E-state index contributed by atoms with van der Waals surface area (Å²) < 4.78 is 32.8. The van der Waals surface area contributed by atoms with Crippen molar-refractivity contribution in [1.82, 2.24) is 0 Å². The van der Waals surface area contributed by atoms with Crippen molar-refractivity contribution in [1.29, 1.82) is 0 Å². The summed E-state index contributed by atoms with van der Waals surface area (Å²) in [5.74, 6) is 4.41. The highest BCUT2D eigenvalue weighted by atomic mass is 16.6. The van der Waals surface area contributed by atoms with E-state index in [9.17, 15) is 0 Å². The van der Waals surface area contributed by atoms with E-state index >= 15 is 0 Å². The van der Waals surface area contributed by atoms with E-state index in [0.717, 1.165) is 0 Å². The highest BCUT2D eigenvalue weighted by Gasteiger charge is 2.24. The minimum absolute atomic E-state index is 0.539. The fourth-order valence-corrected chi connectivity index (χ4v) is 2.24. The van der Waals surface area contributed by atoms with E-state index in [1.54, 1.807) is 52.7 Å². The van der Waals surface area contributed by atoms with Gasteiger partial charge in [0.25, 0.3) is 0 Å². The second-order valence-corrected chi connectivity index (χ2v) is 4.51. The molecule has 0 bridgehead atoms. The lowest BCUT2D eigenvalue weighted by molar-refractivity contribution is 0.321. The first kappa shape index (κ1) is 14.2. The van der Waals surface area contributed by atoms with Crippen molar-refractivity contribution >= 4 is 0 Å². The maximum absolute atomic E-state index is 5.87. The fraction of sp³-hybridized carbons (Fsp3) is 0.250. The lowest BCUT2D eigenvalue weighted by Gasteiger charge is -2.23.